The number of hydrogen-bond acceptors (Lipinski definition) is 5. The summed E-state index contributed by atoms with van der Waals surface area (Å²) in [5.74, 6) is -3.18. The molecule has 2 aliphatic rings. The fraction of sp³-hybridized carbons (Fsp3) is 0.464. The average Bonchev–Trinajstić information content (AvgIpc) is 3.36. The largest absolute Gasteiger partial charge is 0.490 e. The number of nitrogens with zero attached hydrogens (tertiary/aromatic N) is 3. The van der Waals surface area contributed by atoms with E-state index in [4.69, 9.17) is 15.6 Å². The summed E-state index contributed by atoms with van der Waals surface area (Å²) in [4.78, 5) is 40.1. The minimum atomic E-state index is -5.08. The lowest BCUT2D eigenvalue weighted by Crippen LogP contribution is -2.52. The van der Waals surface area contributed by atoms with Crippen molar-refractivity contribution in [1.82, 2.24) is 14.7 Å². The summed E-state index contributed by atoms with van der Waals surface area (Å²) >= 11 is 0. The second-order valence-electron chi connectivity index (χ2n) is 10.2. The fourth-order valence-corrected chi connectivity index (χ4v) is 4.91. The number of carbonyl (C=O) groups is 3. The monoisotopic (exact) mass is 584 g/mol. The molecule has 4 rings (SSSR count). The van der Waals surface area contributed by atoms with E-state index >= 15 is 0 Å². The van der Waals surface area contributed by atoms with Gasteiger partial charge in [0.25, 0.3) is 0 Å². The Morgan fingerprint density at radius 1 is 0.878 bits per heavy atom. The Balaban J connectivity index is 0.000000587. The lowest BCUT2D eigenvalue weighted by molar-refractivity contribution is -0.192. The fourth-order valence-electron chi connectivity index (χ4n) is 4.91. The average molecular weight is 585 g/mol. The molecular formula is C28H33F5N4O4. The van der Waals surface area contributed by atoms with Crippen molar-refractivity contribution in [2.45, 2.75) is 38.0 Å². The summed E-state index contributed by atoms with van der Waals surface area (Å²) in [5, 5.41) is 7.12. The van der Waals surface area contributed by atoms with Crippen LogP contribution in [-0.4, -0.2) is 89.1 Å². The SMILES string of the molecule is CC1CCN(C(=O)[C@@H](N)CC(=O)N2CCN(C(c3ccc(F)cc3)c3ccc(F)cc3)CC2)C1.O=C(O)C(F)(F)F. The zero-order valence-electron chi connectivity index (χ0n) is 22.5. The van der Waals surface area contributed by atoms with E-state index in [0.29, 0.717) is 45.2 Å². The maximum Gasteiger partial charge on any atom is 0.490 e. The second-order valence-corrected chi connectivity index (χ2v) is 10.2. The van der Waals surface area contributed by atoms with E-state index in [1.807, 2.05) is 0 Å². The van der Waals surface area contributed by atoms with Crippen LogP contribution in [0.1, 0.15) is 36.9 Å². The number of piperazine rings is 1. The normalized spacial score (nSPS) is 18.6. The number of likely N-dealkylation sites (tertiary alicyclic amines) is 1. The molecule has 0 spiro atoms. The number of carbonyl (C=O) groups excluding carboxylic acids is 2. The van der Waals surface area contributed by atoms with Crippen molar-refractivity contribution in [2.75, 3.05) is 39.3 Å². The van der Waals surface area contributed by atoms with Gasteiger partial charge in [-0.15, -0.1) is 0 Å². The Labute approximate surface area is 234 Å². The Morgan fingerprint density at radius 3 is 1.73 bits per heavy atom. The number of amides is 2. The molecule has 41 heavy (non-hydrogen) atoms. The molecule has 2 aromatic rings. The summed E-state index contributed by atoms with van der Waals surface area (Å²) < 4.78 is 58.8. The molecule has 2 aliphatic heterocycles. The molecule has 0 aromatic heterocycles. The van der Waals surface area contributed by atoms with Gasteiger partial charge in [0.1, 0.15) is 11.6 Å². The number of alkyl halides is 3. The first-order valence-corrected chi connectivity index (χ1v) is 13.1. The van der Waals surface area contributed by atoms with Gasteiger partial charge in [-0.25, -0.2) is 13.6 Å². The van der Waals surface area contributed by atoms with Crippen molar-refractivity contribution in [3.8, 4) is 0 Å². The molecule has 2 fully saturated rings. The zero-order chi connectivity index (χ0) is 30.3. The van der Waals surface area contributed by atoms with E-state index < -0.39 is 18.2 Å². The molecule has 2 heterocycles. The summed E-state index contributed by atoms with van der Waals surface area (Å²) in [6, 6.07) is 11.7. The van der Waals surface area contributed by atoms with Crippen LogP contribution in [0.15, 0.2) is 48.5 Å². The van der Waals surface area contributed by atoms with Crippen molar-refractivity contribution >= 4 is 17.8 Å². The molecule has 13 heteroatoms. The molecule has 2 saturated heterocycles. The topological polar surface area (TPSA) is 107 Å². The standard InChI is InChI=1S/C26H32F2N4O2.C2HF3O2/c1-18-10-11-32(17-18)26(34)23(29)16-24(33)30-12-14-31(15-13-30)25(19-2-6-21(27)7-3-19)20-4-8-22(28)9-5-20;3-2(4,5)1(6)7/h2-9,18,23,25H,10-17,29H2,1H3;(H,6,7)/t18?,23-;/m0./s1. The van der Waals surface area contributed by atoms with Gasteiger partial charge < -0.3 is 20.6 Å². The summed E-state index contributed by atoms with van der Waals surface area (Å²) in [6.45, 7) is 5.70. The highest BCUT2D eigenvalue weighted by molar-refractivity contribution is 5.88. The highest BCUT2D eigenvalue weighted by Crippen LogP contribution is 2.30. The Bertz CT molecular complexity index is 1140. The van der Waals surface area contributed by atoms with Crippen LogP contribution in [0.5, 0.6) is 0 Å². The molecule has 2 amide bonds. The quantitative estimate of drug-likeness (QED) is 0.504. The molecule has 2 atom stereocenters. The lowest BCUT2D eigenvalue weighted by Gasteiger charge is -2.40. The summed E-state index contributed by atoms with van der Waals surface area (Å²) in [5.41, 5.74) is 7.90. The third-order valence-corrected chi connectivity index (χ3v) is 7.09. The smallest absolute Gasteiger partial charge is 0.475 e. The minimum absolute atomic E-state index is 0.00304. The van der Waals surface area contributed by atoms with E-state index in [2.05, 4.69) is 11.8 Å². The van der Waals surface area contributed by atoms with Crippen molar-refractivity contribution < 1.29 is 41.4 Å². The van der Waals surface area contributed by atoms with Gasteiger partial charge in [0.05, 0.1) is 18.5 Å². The van der Waals surface area contributed by atoms with Crippen molar-refractivity contribution in [2.24, 2.45) is 11.7 Å². The third kappa shape index (κ3) is 8.95. The van der Waals surface area contributed by atoms with Gasteiger partial charge in [0, 0.05) is 39.3 Å². The first-order valence-electron chi connectivity index (χ1n) is 13.1. The van der Waals surface area contributed by atoms with Gasteiger partial charge in [0.15, 0.2) is 0 Å². The predicted octanol–water partition coefficient (Wildman–Crippen LogP) is 3.42. The highest BCUT2D eigenvalue weighted by atomic mass is 19.4. The maximum absolute atomic E-state index is 13.5. The molecule has 2 aromatic carbocycles. The number of nitrogens with two attached hydrogens (primary N) is 1. The number of rotatable bonds is 6. The van der Waals surface area contributed by atoms with Gasteiger partial charge in [-0.1, -0.05) is 31.2 Å². The Morgan fingerprint density at radius 2 is 1.34 bits per heavy atom. The molecule has 8 nitrogen and oxygen atoms in total. The first-order chi connectivity index (χ1) is 19.3. The Hall–Kier alpha value is -3.58. The predicted molar refractivity (Wildman–Crippen MR) is 139 cm³/mol. The maximum atomic E-state index is 13.5. The van der Waals surface area contributed by atoms with E-state index in [-0.39, 0.29) is 35.9 Å². The van der Waals surface area contributed by atoms with Crippen LogP contribution in [0.3, 0.4) is 0 Å². The molecule has 3 N–H and O–H groups in total. The molecule has 0 aliphatic carbocycles. The first kappa shape index (κ1) is 31.9. The number of hydrogen-bond donors (Lipinski definition) is 2. The van der Waals surface area contributed by atoms with Gasteiger partial charge in [-0.2, -0.15) is 13.2 Å². The molecule has 1 unspecified atom stereocenters. The van der Waals surface area contributed by atoms with Crippen LogP contribution >= 0.6 is 0 Å². The highest BCUT2D eigenvalue weighted by Gasteiger charge is 2.38. The van der Waals surface area contributed by atoms with Crippen LogP contribution in [-0.2, 0) is 14.4 Å². The van der Waals surface area contributed by atoms with Crippen LogP contribution in [0.4, 0.5) is 22.0 Å². The van der Waals surface area contributed by atoms with Crippen LogP contribution < -0.4 is 5.73 Å². The van der Waals surface area contributed by atoms with Crippen LogP contribution in [0, 0.1) is 17.6 Å². The summed E-state index contributed by atoms with van der Waals surface area (Å²) in [6.07, 6.45) is -4.11. The van der Waals surface area contributed by atoms with Gasteiger partial charge >= 0.3 is 12.1 Å². The zero-order valence-corrected chi connectivity index (χ0v) is 22.5. The molecule has 0 radical (unpaired) electrons. The van der Waals surface area contributed by atoms with Gasteiger partial charge in [-0.05, 0) is 47.7 Å². The molecule has 224 valence electrons. The number of carboxylic acid groups (broad SMARTS) is 1. The van der Waals surface area contributed by atoms with E-state index in [1.54, 1.807) is 34.1 Å². The minimum Gasteiger partial charge on any atom is -0.475 e. The van der Waals surface area contributed by atoms with Gasteiger partial charge in [-0.3, -0.25) is 14.5 Å². The Kier molecular flexibility index (Phi) is 10.8. The van der Waals surface area contributed by atoms with Gasteiger partial charge in [0.2, 0.25) is 11.8 Å². The van der Waals surface area contributed by atoms with E-state index in [0.717, 1.165) is 17.5 Å². The van der Waals surface area contributed by atoms with E-state index in [9.17, 15) is 31.5 Å². The van der Waals surface area contributed by atoms with Crippen molar-refractivity contribution in [3.05, 3.63) is 71.3 Å². The number of aliphatic carboxylic acids is 1. The number of carboxylic acids is 1. The number of halogens is 5. The molecular weight excluding hydrogens is 551 g/mol. The van der Waals surface area contributed by atoms with Crippen LogP contribution in [0.25, 0.3) is 0 Å². The third-order valence-electron chi connectivity index (χ3n) is 7.09. The second kappa shape index (κ2) is 13.9. The van der Waals surface area contributed by atoms with Crippen molar-refractivity contribution in [3.63, 3.8) is 0 Å². The van der Waals surface area contributed by atoms with Crippen molar-refractivity contribution in [1.29, 1.82) is 0 Å². The van der Waals surface area contributed by atoms with Crippen LogP contribution in [0.2, 0.25) is 0 Å². The number of benzene rings is 2. The molecule has 0 saturated carbocycles. The summed E-state index contributed by atoms with van der Waals surface area (Å²) in [7, 11) is 0. The lowest BCUT2D eigenvalue weighted by atomic mass is 9.96. The molecule has 0 bridgehead atoms. The van der Waals surface area contributed by atoms with E-state index in [1.165, 1.54) is 24.3 Å².